The Labute approximate surface area is 211 Å². The summed E-state index contributed by atoms with van der Waals surface area (Å²) in [4.78, 5) is 18.4. The maximum absolute atomic E-state index is 13.1. The van der Waals surface area contributed by atoms with Crippen molar-refractivity contribution in [3.63, 3.8) is 0 Å². The molecule has 3 aromatic heterocycles. The van der Waals surface area contributed by atoms with Crippen LogP contribution in [0.2, 0.25) is 0 Å². The van der Waals surface area contributed by atoms with Gasteiger partial charge in [-0.2, -0.15) is 0 Å². The van der Waals surface area contributed by atoms with Gasteiger partial charge in [-0.15, -0.1) is 5.10 Å². The number of hydrogen-bond donors (Lipinski definition) is 1. The Kier molecular flexibility index (Phi) is 7.88. The molecule has 0 aliphatic rings. The molecule has 1 N–H and O–H groups in total. The third-order valence-corrected chi connectivity index (χ3v) is 6.75. The van der Waals surface area contributed by atoms with Crippen LogP contribution in [0, 0.1) is 0 Å². The van der Waals surface area contributed by atoms with Crippen LogP contribution in [0.1, 0.15) is 77.1 Å². The molecule has 9 nitrogen and oxygen atoms in total. The molecule has 0 aliphatic carbocycles. The number of rotatable bonds is 12. The smallest absolute Gasteiger partial charge is 0.252 e. The lowest BCUT2D eigenvalue weighted by atomic mass is 10.0. The Morgan fingerprint density at radius 3 is 2.69 bits per heavy atom. The first-order chi connectivity index (χ1) is 17.4. The van der Waals surface area contributed by atoms with Gasteiger partial charge in [0.15, 0.2) is 5.82 Å². The number of benzene rings is 1. The van der Waals surface area contributed by atoms with E-state index in [9.17, 15) is 4.79 Å². The quantitative estimate of drug-likeness (QED) is 0.290. The molecule has 1 atom stereocenters. The Morgan fingerprint density at radius 1 is 1.17 bits per heavy atom. The van der Waals surface area contributed by atoms with Crippen LogP contribution >= 0.6 is 0 Å². The zero-order valence-corrected chi connectivity index (χ0v) is 21.8. The molecule has 192 valence electrons. The molecule has 36 heavy (non-hydrogen) atoms. The maximum atomic E-state index is 13.1. The maximum Gasteiger partial charge on any atom is 0.252 e. The van der Waals surface area contributed by atoms with E-state index < -0.39 is 0 Å². The fourth-order valence-corrected chi connectivity index (χ4v) is 4.43. The Hall–Kier alpha value is -3.46. The van der Waals surface area contributed by atoms with Gasteiger partial charge in [0, 0.05) is 23.0 Å². The molecule has 4 aromatic rings. The predicted octanol–water partition coefficient (Wildman–Crippen LogP) is 5.20. The zero-order valence-electron chi connectivity index (χ0n) is 21.8. The van der Waals surface area contributed by atoms with Crippen LogP contribution in [-0.2, 0) is 18.6 Å². The highest BCUT2D eigenvalue weighted by molar-refractivity contribution is 5.80. The molecule has 0 saturated carbocycles. The molecule has 3 heterocycles. The van der Waals surface area contributed by atoms with Crippen molar-refractivity contribution in [3.8, 4) is 5.75 Å². The number of hydrogen-bond acceptors (Lipinski definition) is 7. The van der Waals surface area contributed by atoms with Crippen LogP contribution in [0.3, 0.4) is 0 Å². The van der Waals surface area contributed by atoms with Crippen molar-refractivity contribution in [2.75, 3.05) is 6.61 Å². The number of furan rings is 1. The van der Waals surface area contributed by atoms with Crippen LogP contribution in [0.25, 0.3) is 10.9 Å². The Bertz CT molecular complexity index is 1330. The van der Waals surface area contributed by atoms with Gasteiger partial charge in [0.25, 0.3) is 5.56 Å². The second-order valence-corrected chi connectivity index (χ2v) is 9.71. The van der Waals surface area contributed by atoms with Gasteiger partial charge >= 0.3 is 0 Å². The Balaban J connectivity index is 1.77. The van der Waals surface area contributed by atoms with Crippen LogP contribution in [0.5, 0.6) is 5.75 Å². The van der Waals surface area contributed by atoms with Crippen molar-refractivity contribution < 1.29 is 9.15 Å². The van der Waals surface area contributed by atoms with Crippen molar-refractivity contribution in [2.24, 2.45) is 0 Å². The van der Waals surface area contributed by atoms with E-state index in [1.54, 1.807) is 6.26 Å². The summed E-state index contributed by atoms with van der Waals surface area (Å²) in [5.74, 6) is 2.40. The predicted molar refractivity (Wildman–Crippen MR) is 139 cm³/mol. The molecule has 9 heteroatoms. The van der Waals surface area contributed by atoms with Crippen molar-refractivity contribution in [3.05, 3.63) is 70.2 Å². The summed E-state index contributed by atoms with van der Waals surface area (Å²) in [5.41, 5.74) is 1.10. The van der Waals surface area contributed by atoms with E-state index in [0.29, 0.717) is 25.3 Å². The first kappa shape index (κ1) is 25.6. The fourth-order valence-electron chi connectivity index (χ4n) is 4.43. The van der Waals surface area contributed by atoms with Crippen molar-refractivity contribution >= 4 is 10.9 Å². The lowest BCUT2D eigenvalue weighted by Gasteiger charge is -2.33. The highest BCUT2D eigenvalue weighted by Crippen LogP contribution is 2.31. The molecule has 0 bridgehead atoms. The minimum atomic E-state index is -0.239. The summed E-state index contributed by atoms with van der Waals surface area (Å²) in [6.45, 7) is 12.0. The number of aromatic amines is 1. The highest BCUT2D eigenvalue weighted by Gasteiger charge is 2.32. The minimum Gasteiger partial charge on any atom is -0.494 e. The van der Waals surface area contributed by atoms with E-state index >= 15 is 0 Å². The van der Waals surface area contributed by atoms with Crippen molar-refractivity contribution in [1.29, 1.82) is 0 Å². The molecular weight excluding hydrogens is 456 g/mol. The van der Waals surface area contributed by atoms with Crippen LogP contribution < -0.4 is 10.3 Å². The first-order valence-corrected chi connectivity index (χ1v) is 12.7. The van der Waals surface area contributed by atoms with Gasteiger partial charge in [-0.3, -0.25) is 9.69 Å². The molecular formula is C27H36N6O3. The summed E-state index contributed by atoms with van der Waals surface area (Å²) >= 11 is 0. The topological polar surface area (TPSA) is 102 Å². The van der Waals surface area contributed by atoms with E-state index in [1.165, 1.54) is 0 Å². The van der Waals surface area contributed by atoms with Crippen LogP contribution in [0.15, 0.2) is 51.9 Å². The molecule has 0 amide bonds. The van der Waals surface area contributed by atoms with E-state index in [4.69, 9.17) is 9.15 Å². The standard InChI is InChI=1S/C27H36N6O3/c1-6-10-24(25-29-30-31-33(25)27(4,5)7-2)32(18-22-11-9-14-36-22)17-20-15-19-16-21(35-8-3)12-13-23(19)28-26(20)34/h9,11-16,24H,6-8,10,17-18H2,1-5H3,(H,28,34)/t24-/m0/s1. The number of fused-ring (bicyclic) bond motifs is 1. The second-order valence-electron chi connectivity index (χ2n) is 9.71. The monoisotopic (exact) mass is 492 g/mol. The van der Waals surface area contributed by atoms with E-state index in [0.717, 1.165) is 47.5 Å². The molecule has 0 fully saturated rings. The van der Waals surface area contributed by atoms with Gasteiger partial charge in [0.2, 0.25) is 0 Å². The fraction of sp³-hybridized carbons (Fsp3) is 0.481. The summed E-state index contributed by atoms with van der Waals surface area (Å²) in [6, 6.07) is 11.4. The molecule has 0 radical (unpaired) electrons. The number of aromatic nitrogens is 5. The van der Waals surface area contributed by atoms with Crippen LogP contribution in [-0.4, -0.2) is 36.7 Å². The normalized spacial score (nSPS) is 12.9. The van der Waals surface area contributed by atoms with E-state index in [-0.39, 0.29) is 17.1 Å². The summed E-state index contributed by atoms with van der Waals surface area (Å²) < 4.78 is 13.3. The zero-order chi connectivity index (χ0) is 25.7. The lowest BCUT2D eigenvalue weighted by molar-refractivity contribution is 0.135. The van der Waals surface area contributed by atoms with Crippen molar-refractivity contribution in [2.45, 2.75) is 78.6 Å². The van der Waals surface area contributed by atoms with Gasteiger partial charge in [-0.05, 0) is 80.4 Å². The highest BCUT2D eigenvalue weighted by atomic mass is 16.5. The summed E-state index contributed by atoms with van der Waals surface area (Å²) in [6.07, 6.45) is 4.32. The number of pyridine rings is 1. The SMILES string of the molecule is CCC[C@@H](c1nnnn1C(C)(C)CC)N(Cc1ccco1)Cc1cc2cc(OCC)ccc2[nH]c1=O. The van der Waals surface area contributed by atoms with Gasteiger partial charge in [-0.25, -0.2) is 4.68 Å². The molecule has 1 aromatic carbocycles. The average Bonchev–Trinajstić information content (AvgIpc) is 3.56. The summed E-state index contributed by atoms with van der Waals surface area (Å²) in [5, 5.41) is 13.8. The van der Waals surface area contributed by atoms with Crippen molar-refractivity contribution in [1.82, 2.24) is 30.1 Å². The van der Waals surface area contributed by atoms with Gasteiger partial charge < -0.3 is 14.1 Å². The molecule has 0 spiro atoms. The number of H-pyrrole nitrogens is 1. The van der Waals surface area contributed by atoms with E-state index in [1.807, 2.05) is 48.0 Å². The molecule has 0 aliphatic heterocycles. The number of tetrazole rings is 1. The number of ether oxygens (including phenoxy) is 1. The first-order valence-electron chi connectivity index (χ1n) is 12.7. The van der Waals surface area contributed by atoms with Crippen LogP contribution in [0.4, 0.5) is 0 Å². The molecule has 4 rings (SSSR count). The average molecular weight is 493 g/mol. The number of nitrogens with zero attached hydrogens (tertiary/aromatic N) is 5. The third-order valence-electron chi connectivity index (χ3n) is 6.75. The lowest BCUT2D eigenvalue weighted by Crippen LogP contribution is -2.36. The van der Waals surface area contributed by atoms with Gasteiger partial charge in [0.05, 0.1) is 31.0 Å². The number of nitrogens with one attached hydrogen (secondary N) is 1. The largest absolute Gasteiger partial charge is 0.494 e. The molecule has 0 unspecified atom stereocenters. The molecule has 0 saturated heterocycles. The van der Waals surface area contributed by atoms with E-state index in [2.05, 4.69) is 53.1 Å². The van der Waals surface area contributed by atoms with Gasteiger partial charge in [-0.1, -0.05) is 20.3 Å². The Morgan fingerprint density at radius 2 is 2.00 bits per heavy atom. The minimum absolute atomic E-state index is 0.106. The third kappa shape index (κ3) is 5.51. The second kappa shape index (κ2) is 11.1. The van der Waals surface area contributed by atoms with Gasteiger partial charge in [0.1, 0.15) is 11.5 Å². The summed E-state index contributed by atoms with van der Waals surface area (Å²) in [7, 11) is 0.